The largest absolute Gasteiger partial charge is 0.497 e. The molecule has 0 bridgehead atoms. The van der Waals surface area contributed by atoms with Gasteiger partial charge in [0.25, 0.3) is 0 Å². The fraction of sp³-hybridized carbons (Fsp3) is 0.375. The van der Waals surface area contributed by atoms with Gasteiger partial charge in [-0.05, 0) is 73.2 Å². The van der Waals surface area contributed by atoms with Gasteiger partial charge in [0.1, 0.15) is 17.5 Å². The molecule has 0 saturated carbocycles. The number of amides is 1. The molecule has 1 N–H and O–H groups in total. The number of nitrogens with one attached hydrogen (secondary N) is 1. The molecule has 3 rings (SSSR count). The van der Waals surface area contributed by atoms with Crippen LogP contribution in [0.2, 0.25) is 0 Å². The molecule has 3 atom stereocenters. The third-order valence-corrected chi connectivity index (χ3v) is 8.85. The summed E-state index contributed by atoms with van der Waals surface area (Å²) in [7, 11) is -0.566. The molecule has 41 heavy (non-hydrogen) atoms. The molecule has 0 aliphatic rings. The molecule has 0 aliphatic carbocycles. The van der Waals surface area contributed by atoms with E-state index in [0.717, 1.165) is 16.9 Å². The minimum Gasteiger partial charge on any atom is -0.497 e. The molecule has 0 fully saturated rings. The molecule has 3 aromatic carbocycles. The first-order chi connectivity index (χ1) is 19.6. The number of nitrogens with zero attached hydrogens (tertiary/aromatic N) is 1. The lowest BCUT2D eigenvalue weighted by Crippen LogP contribution is -2.52. The lowest BCUT2D eigenvalue weighted by Gasteiger charge is -2.34. The molecule has 9 heteroatoms. The van der Waals surface area contributed by atoms with Gasteiger partial charge in [-0.15, -0.1) is 0 Å². The smallest absolute Gasteiger partial charge is 0.328 e. The summed E-state index contributed by atoms with van der Waals surface area (Å²) in [5, 5.41) is 3.10. The highest BCUT2D eigenvalue weighted by Crippen LogP contribution is 2.45. The van der Waals surface area contributed by atoms with Crippen molar-refractivity contribution >= 4 is 25.1 Å². The molecular formula is C32H41N2O6P. The van der Waals surface area contributed by atoms with Crippen molar-refractivity contribution in [2.45, 2.75) is 52.6 Å². The van der Waals surface area contributed by atoms with Crippen LogP contribution in [-0.2, 0) is 18.9 Å². The van der Waals surface area contributed by atoms with Crippen LogP contribution in [0.15, 0.2) is 78.9 Å². The zero-order chi connectivity index (χ0) is 30.0. The summed E-state index contributed by atoms with van der Waals surface area (Å²) in [5.74, 6) is 0.367. The van der Waals surface area contributed by atoms with Crippen molar-refractivity contribution in [3.63, 3.8) is 0 Å². The molecule has 0 aliphatic heterocycles. The Bertz CT molecular complexity index is 1310. The van der Waals surface area contributed by atoms with Gasteiger partial charge in [-0.25, -0.2) is 9.88 Å². The Labute approximate surface area is 243 Å². The molecule has 3 aromatic rings. The number of esters is 1. The molecule has 0 aromatic heterocycles. The zero-order valence-electron chi connectivity index (χ0n) is 24.7. The first-order valence-corrected chi connectivity index (χ1v) is 15.7. The maximum absolute atomic E-state index is 14.3. The molecule has 0 heterocycles. The molecule has 8 nitrogen and oxygen atoms in total. The van der Waals surface area contributed by atoms with Crippen molar-refractivity contribution in [3.8, 4) is 22.6 Å². The topological polar surface area (TPSA) is 94.2 Å². The predicted molar refractivity (Wildman–Crippen MR) is 164 cm³/mol. The van der Waals surface area contributed by atoms with Crippen molar-refractivity contribution in [2.75, 3.05) is 25.3 Å². The Kier molecular flexibility index (Phi) is 11.6. The fourth-order valence-electron chi connectivity index (χ4n) is 4.58. The highest BCUT2D eigenvalue weighted by molar-refractivity contribution is 7.57. The van der Waals surface area contributed by atoms with Crippen molar-refractivity contribution in [1.82, 2.24) is 5.09 Å². The summed E-state index contributed by atoms with van der Waals surface area (Å²) in [5.41, 5.74) is 2.44. The predicted octanol–water partition coefficient (Wildman–Crippen LogP) is 6.94. The van der Waals surface area contributed by atoms with E-state index in [1.165, 1.54) is 12.0 Å². The molecule has 0 radical (unpaired) electrons. The van der Waals surface area contributed by atoms with Crippen LogP contribution in [0.4, 0.5) is 5.69 Å². The van der Waals surface area contributed by atoms with Crippen molar-refractivity contribution < 1.29 is 28.2 Å². The average molecular weight is 581 g/mol. The zero-order valence-corrected chi connectivity index (χ0v) is 25.6. The van der Waals surface area contributed by atoms with Gasteiger partial charge in [-0.1, -0.05) is 63.2 Å². The Hall–Kier alpha value is -3.61. The number of para-hydroxylation sites is 1. The standard InChI is InChI=1S/C32H41N2O6P/c1-7-21-41(37,40-29-11-9-8-10-12-29)33-30(22-23(2)3)31(35)34(24(4)32(36)39-6)27-17-13-25(14-18-27)26-15-19-28(38-5)20-16-26/h8-20,23-24,30H,7,21-22H2,1-6H3,(H,33,37)/t24-,30-,41?/m0/s1. The number of carbonyl (C=O) groups is 2. The van der Waals surface area contributed by atoms with Crippen LogP contribution in [-0.4, -0.2) is 44.3 Å². The monoisotopic (exact) mass is 580 g/mol. The van der Waals surface area contributed by atoms with E-state index in [1.807, 2.05) is 63.2 Å². The van der Waals surface area contributed by atoms with Crippen molar-refractivity contribution in [3.05, 3.63) is 78.9 Å². The molecular weight excluding hydrogens is 539 g/mol. The molecule has 0 spiro atoms. The van der Waals surface area contributed by atoms with Gasteiger partial charge < -0.3 is 14.0 Å². The van der Waals surface area contributed by atoms with E-state index in [0.29, 0.717) is 24.3 Å². The second-order valence-corrected chi connectivity index (χ2v) is 12.5. The third-order valence-electron chi connectivity index (χ3n) is 6.61. The number of methoxy groups -OCH3 is 2. The van der Waals surface area contributed by atoms with Gasteiger partial charge >= 0.3 is 13.5 Å². The lowest BCUT2D eigenvalue weighted by atomic mass is 10.0. The lowest BCUT2D eigenvalue weighted by molar-refractivity contribution is -0.143. The van der Waals surface area contributed by atoms with E-state index >= 15 is 0 Å². The summed E-state index contributed by atoms with van der Waals surface area (Å²) in [4.78, 5) is 28.4. The Balaban J connectivity index is 1.98. The third kappa shape index (κ3) is 8.69. The van der Waals surface area contributed by atoms with Crippen LogP contribution < -0.4 is 19.2 Å². The first kappa shape index (κ1) is 31.9. The summed E-state index contributed by atoms with van der Waals surface area (Å²) >= 11 is 0. The first-order valence-electron chi connectivity index (χ1n) is 13.9. The van der Waals surface area contributed by atoms with Gasteiger partial charge in [0.05, 0.1) is 20.3 Å². The van der Waals surface area contributed by atoms with Crippen LogP contribution >= 0.6 is 7.52 Å². The molecule has 0 saturated heterocycles. The number of rotatable bonds is 14. The van der Waals surface area contributed by atoms with Gasteiger partial charge in [0.2, 0.25) is 5.91 Å². The van der Waals surface area contributed by atoms with E-state index in [2.05, 4.69) is 5.09 Å². The van der Waals surface area contributed by atoms with Gasteiger partial charge in [0.15, 0.2) is 0 Å². The maximum atomic E-state index is 14.3. The minimum atomic E-state index is -3.48. The highest BCUT2D eigenvalue weighted by Gasteiger charge is 2.37. The number of ether oxygens (including phenoxy) is 2. The Morgan fingerprint density at radius 3 is 1.95 bits per heavy atom. The highest BCUT2D eigenvalue weighted by atomic mass is 31.2. The van der Waals surface area contributed by atoms with Crippen molar-refractivity contribution in [2.24, 2.45) is 5.92 Å². The van der Waals surface area contributed by atoms with Crippen LogP contribution in [0.1, 0.15) is 40.5 Å². The Morgan fingerprint density at radius 2 is 1.44 bits per heavy atom. The van der Waals surface area contributed by atoms with E-state index in [-0.39, 0.29) is 18.0 Å². The van der Waals surface area contributed by atoms with E-state index in [4.69, 9.17) is 14.0 Å². The van der Waals surface area contributed by atoms with Crippen LogP contribution in [0, 0.1) is 5.92 Å². The second-order valence-electron chi connectivity index (χ2n) is 10.3. The number of anilines is 1. The van der Waals surface area contributed by atoms with Crippen molar-refractivity contribution in [1.29, 1.82) is 0 Å². The number of benzene rings is 3. The van der Waals surface area contributed by atoms with Gasteiger partial charge in [-0.3, -0.25) is 14.3 Å². The number of hydrogen-bond donors (Lipinski definition) is 1. The van der Waals surface area contributed by atoms with E-state index in [1.54, 1.807) is 50.4 Å². The molecule has 1 amide bonds. The van der Waals surface area contributed by atoms with Crippen LogP contribution in [0.25, 0.3) is 11.1 Å². The summed E-state index contributed by atoms with van der Waals surface area (Å²) in [6, 6.07) is 22.2. The van der Waals surface area contributed by atoms with E-state index in [9.17, 15) is 14.2 Å². The van der Waals surface area contributed by atoms with E-state index < -0.39 is 25.6 Å². The Morgan fingerprint density at radius 1 is 0.854 bits per heavy atom. The summed E-state index contributed by atoms with van der Waals surface area (Å²) in [6.07, 6.45) is 1.22. The minimum absolute atomic E-state index is 0.0935. The second kappa shape index (κ2) is 14.9. The summed E-state index contributed by atoms with van der Waals surface area (Å²) < 4.78 is 30.3. The normalized spacial score (nSPS) is 14.0. The molecule has 1 unspecified atom stereocenters. The maximum Gasteiger partial charge on any atom is 0.328 e. The van der Waals surface area contributed by atoms with Crippen LogP contribution in [0.3, 0.4) is 0 Å². The number of carbonyl (C=O) groups excluding carboxylic acids is 2. The SMILES string of the molecule is CCCP(=O)(N[C@@H](CC(C)C)C(=O)N(c1ccc(-c2ccc(OC)cc2)cc1)[C@@H](C)C(=O)OC)Oc1ccccc1. The quantitative estimate of drug-likeness (QED) is 0.163. The summed E-state index contributed by atoms with van der Waals surface area (Å²) in [6.45, 7) is 7.52. The molecule has 220 valence electrons. The number of hydrogen-bond acceptors (Lipinski definition) is 6. The van der Waals surface area contributed by atoms with Gasteiger partial charge in [0, 0.05) is 11.8 Å². The fourth-order valence-corrected chi connectivity index (χ4v) is 6.60. The van der Waals surface area contributed by atoms with Gasteiger partial charge in [-0.2, -0.15) is 0 Å². The average Bonchev–Trinajstić information content (AvgIpc) is 2.97. The van der Waals surface area contributed by atoms with Crippen LogP contribution in [0.5, 0.6) is 11.5 Å².